The molecule has 1 aromatic heterocycles. The lowest BCUT2D eigenvalue weighted by Gasteiger charge is -1.93. The topological polar surface area (TPSA) is 28.7 Å². The van der Waals surface area contributed by atoms with Gasteiger partial charge in [0.25, 0.3) is 0 Å². The Hall–Kier alpha value is -1.75. The molecule has 0 bridgehead atoms. The van der Waals surface area contributed by atoms with Crippen LogP contribution in [0, 0.1) is 12.3 Å². The van der Waals surface area contributed by atoms with Gasteiger partial charge in [-0.1, -0.05) is 18.1 Å². The molecule has 13 heavy (non-hydrogen) atoms. The summed E-state index contributed by atoms with van der Waals surface area (Å²) < 4.78 is 0. The van der Waals surface area contributed by atoms with Gasteiger partial charge >= 0.3 is 0 Å². The first-order valence-electron chi connectivity index (χ1n) is 4.22. The highest BCUT2D eigenvalue weighted by Crippen LogP contribution is 2.31. The molecule has 0 aromatic carbocycles. The Labute approximate surface area is 77.4 Å². The zero-order chi connectivity index (χ0) is 9.26. The lowest BCUT2D eigenvalue weighted by Crippen LogP contribution is -1.82. The molecular weight excluding hydrogens is 160 g/mol. The SMILES string of the molecule is C#CC1=C(/C=C\C)c2c[nH]nc2C1. The maximum atomic E-state index is 5.41. The lowest BCUT2D eigenvalue weighted by atomic mass is 10.1. The molecule has 2 rings (SSSR count). The molecule has 1 aromatic rings. The van der Waals surface area contributed by atoms with Crippen molar-refractivity contribution in [2.45, 2.75) is 13.3 Å². The number of aromatic nitrogens is 2. The van der Waals surface area contributed by atoms with Gasteiger partial charge in [0.1, 0.15) is 0 Å². The number of H-pyrrole nitrogens is 1. The summed E-state index contributed by atoms with van der Waals surface area (Å²) in [4.78, 5) is 0. The zero-order valence-electron chi connectivity index (χ0n) is 7.46. The summed E-state index contributed by atoms with van der Waals surface area (Å²) in [5, 5.41) is 6.98. The Balaban J connectivity index is 2.55. The third-order valence-corrected chi connectivity index (χ3v) is 2.19. The highest BCUT2D eigenvalue weighted by atomic mass is 15.1. The molecule has 1 aliphatic rings. The predicted molar refractivity (Wildman–Crippen MR) is 52.9 cm³/mol. The van der Waals surface area contributed by atoms with Crippen molar-refractivity contribution in [2.24, 2.45) is 0 Å². The monoisotopic (exact) mass is 170 g/mol. The number of nitrogens with zero attached hydrogens (tertiary/aromatic N) is 1. The van der Waals surface area contributed by atoms with Gasteiger partial charge in [0, 0.05) is 23.8 Å². The predicted octanol–water partition coefficient (Wildman–Crippen LogP) is 1.93. The number of aromatic amines is 1. The maximum Gasteiger partial charge on any atom is 0.0751 e. The molecule has 0 unspecified atom stereocenters. The quantitative estimate of drug-likeness (QED) is 0.641. The molecule has 0 saturated heterocycles. The minimum Gasteiger partial charge on any atom is -0.285 e. The summed E-state index contributed by atoms with van der Waals surface area (Å²) in [5.74, 6) is 2.71. The van der Waals surface area contributed by atoms with Crippen molar-refractivity contribution >= 4 is 5.57 Å². The second-order valence-corrected chi connectivity index (χ2v) is 2.96. The van der Waals surface area contributed by atoms with Crippen LogP contribution in [0.15, 0.2) is 23.9 Å². The van der Waals surface area contributed by atoms with Gasteiger partial charge in [0.15, 0.2) is 0 Å². The van der Waals surface area contributed by atoms with Crippen LogP contribution >= 0.6 is 0 Å². The van der Waals surface area contributed by atoms with E-state index < -0.39 is 0 Å². The largest absolute Gasteiger partial charge is 0.285 e. The van der Waals surface area contributed by atoms with Crippen LogP contribution in [0.2, 0.25) is 0 Å². The Kier molecular flexibility index (Phi) is 1.79. The Morgan fingerprint density at radius 2 is 2.54 bits per heavy atom. The van der Waals surface area contributed by atoms with Crippen molar-refractivity contribution in [1.29, 1.82) is 0 Å². The van der Waals surface area contributed by atoms with E-state index in [2.05, 4.69) is 16.1 Å². The van der Waals surface area contributed by atoms with E-state index in [0.29, 0.717) is 0 Å². The average Bonchev–Trinajstić information content (AvgIpc) is 2.67. The van der Waals surface area contributed by atoms with Crippen molar-refractivity contribution in [2.75, 3.05) is 0 Å². The van der Waals surface area contributed by atoms with Crippen LogP contribution in [-0.2, 0) is 6.42 Å². The van der Waals surface area contributed by atoms with Gasteiger partial charge in [-0.3, -0.25) is 5.10 Å². The molecular formula is C11H10N2. The summed E-state index contributed by atoms with van der Waals surface area (Å²) >= 11 is 0. The van der Waals surface area contributed by atoms with Gasteiger partial charge in [-0.05, 0) is 12.5 Å². The van der Waals surface area contributed by atoms with Crippen LogP contribution in [0.1, 0.15) is 18.2 Å². The summed E-state index contributed by atoms with van der Waals surface area (Å²) in [5.41, 5.74) is 4.37. The Morgan fingerprint density at radius 3 is 3.23 bits per heavy atom. The Morgan fingerprint density at radius 1 is 1.69 bits per heavy atom. The van der Waals surface area contributed by atoms with Crippen molar-refractivity contribution in [1.82, 2.24) is 10.2 Å². The first-order chi connectivity index (χ1) is 6.36. The number of fused-ring (bicyclic) bond motifs is 1. The molecule has 0 amide bonds. The van der Waals surface area contributed by atoms with E-state index in [0.717, 1.165) is 28.8 Å². The molecule has 1 N–H and O–H groups in total. The second-order valence-electron chi connectivity index (χ2n) is 2.96. The molecule has 0 aliphatic heterocycles. The zero-order valence-corrected chi connectivity index (χ0v) is 7.46. The first kappa shape index (κ1) is 7.88. The third kappa shape index (κ3) is 1.09. The fraction of sp³-hybridized carbons (Fsp3) is 0.182. The van der Waals surface area contributed by atoms with E-state index in [4.69, 9.17) is 6.42 Å². The van der Waals surface area contributed by atoms with E-state index >= 15 is 0 Å². The van der Waals surface area contributed by atoms with Gasteiger partial charge in [-0.15, -0.1) is 6.42 Å². The molecule has 1 heterocycles. The molecule has 0 radical (unpaired) electrons. The standard InChI is InChI=1S/C11H10N2/c1-3-5-9-8(4-2)6-11-10(9)7-12-13-11/h2-3,5,7H,6H2,1H3,(H,12,13)/b5-3-. The molecule has 2 nitrogen and oxygen atoms in total. The summed E-state index contributed by atoms with van der Waals surface area (Å²) in [6, 6.07) is 0. The fourth-order valence-electron chi connectivity index (χ4n) is 1.60. The number of rotatable bonds is 1. The van der Waals surface area contributed by atoms with E-state index in [1.54, 1.807) is 0 Å². The minimum atomic E-state index is 0.787. The highest BCUT2D eigenvalue weighted by Gasteiger charge is 2.20. The summed E-state index contributed by atoms with van der Waals surface area (Å²) in [6.45, 7) is 1.99. The van der Waals surface area contributed by atoms with Gasteiger partial charge < -0.3 is 0 Å². The number of nitrogens with one attached hydrogen (secondary N) is 1. The van der Waals surface area contributed by atoms with Gasteiger partial charge in [0.2, 0.25) is 0 Å². The average molecular weight is 170 g/mol. The molecule has 1 aliphatic carbocycles. The Bertz CT molecular complexity index is 427. The van der Waals surface area contributed by atoms with Crippen molar-refractivity contribution < 1.29 is 0 Å². The van der Waals surface area contributed by atoms with Crippen LogP contribution in [-0.4, -0.2) is 10.2 Å². The fourth-order valence-corrected chi connectivity index (χ4v) is 1.60. The van der Waals surface area contributed by atoms with Crippen molar-refractivity contribution in [3.05, 3.63) is 35.2 Å². The smallest absolute Gasteiger partial charge is 0.0751 e. The van der Waals surface area contributed by atoms with Gasteiger partial charge in [0.05, 0.1) is 5.69 Å². The molecule has 0 fully saturated rings. The lowest BCUT2D eigenvalue weighted by molar-refractivity contribution is 1.01. The number of hydrogen-bond acceptors (Lipinski definition) is 1. The van der Waals surface area contributed by atoms with Crippen molar-refractivity contribution in [3.8, 4) is 12.3 Å². The third-order valence-electron chi connectivity index (χ3n) is 2.19. The summed E-state index contributed by atoms with van der Waals surface area (Å²) in [7, 11) is 0. The first-order valence-corrected chi connectivity index (χ1v) is 4.22. The van der Waals surface area contributed by atoms with Gasteiger partial charge in [-0.25, -0.2) is 0 Å². The number of allylic oxidation sites excluding steroid dienone is 4. The molecule has 0 saturated carbocycles. The van der Waals surface area contributed by atoms with Crippen LogP contribution in [0.5, 0.6) is 0 Å². The van der Waals surface area contributed by atoms with E-state index in [-0.39, 0.29) is 0 Å². The normalized spacial score (nSPS) is 15.1. The van der Waals surface area contributed by atoms with E-state index in [1.165, 1.54) is 0 Å². The van der Waals surface area contributed by atoms with Crippen LogP contribution in [0.4, 0.5) is 0 Å². The van der Waals surface area contributed by atoms with Crippen LogP contribution in [0.3, 0.4) is 0 Å². The number of terminal acetylenes is 1. The molecule has 0 spiro atoms. The minimum absolute atomic E-state index is 0.787. The van der Waals surface area contributed by atoms with E-state index in [1.807, 2.05) is 25.3 Å². The van der Waals surface area contributed by atoms with Crippen molar-refractivity contribution in [3.63, 3.8) is 0 Å². The van der Waals surface area contributed by atoms with Crippen LogP contribution in [0.25, 0.3) is 5.57 Å². The maximum absolute atomic E-state index is 5.41. The summed E-state index contributed by atoms with van der Waals surface area (Å²) in [6.07, 6.45) is 12.1. The molecule has 64 valence electrons. The second kappa shape index (κ2) is 2.95. The van der Waals surface area contributed by atoms with Gasteiger partial charge in [-0.2, -0.15) is 5.10 Å². The van der Waals surface area contributed by atoms with E-state index in [9.17, 15) is 0 Å². The highest BCUT2D eigenvalue weighted by molar-refractivity contribution is 5.84. The van der Waals surface area contributed by atoms with Crippen LogP contribution < -0.4 is 0 Å². The molecule has 0 atom stereocenters. The number of hydrogen-bond donors (Lipinski definition) is 1. The molecule has 2 heteroatoms.